The van der Waals surface area contributed by atoms with E-state index in [2.05, 4.69) is 20.7 Å². The first-order valence-corrected chi connectivity index (χ1v) is 5.92. The smallest absolute Gasteiger partial charge is 0.158 e. The average molecular weight is 237 g/mol. The number of anilines is 2. The minimum atomic E-state index is 0.384. The van der Waals surface area contributed by atoms with Crippen molar-refractivity contribution >= 4 is 11.6 Å². The maximum absolute atomic E-state index is 5.38. The molecule has 0 radical (unpaired) electrons. The molecule has 0 spiro atoms. The standard InChI is InChI=1S/C11H19N5O/c1-17-7-11-14-9(6-10(15-11)16-12)13-8-4-2-3-5-8/h6,8H,2-5,7,12H2,1H3,(H2,13,14,15,16). The Balaban J connectivity index is 2.10. The highest BCUT2D eigenvalue weighted by molar-refractivity contribution is 5.47. The van der Waals surface area contributed by atoms with Crippen LogP contribution in [0.25, 0.3) is 0 Å². The van der Waals surface area contributed by atoms with Crippen LogP contribution in [0.4, 0.5) is 11.6 Å². The summed E-state index contributed by atoms with van der Waals surface area (Å²) in [5.74, 6) is 7.43. The van der Waals surface area contributed by atoms with E-state index in [1.54, 1.807) is 7.11 Å². The van der Waals surface area contributed by atoms with Crippen LogP contribution in [0.5, 0.6) is 0 Å². The Kier molecular flexibility index (Phi) is 4.11. The maximum atomic E-state index is 5.38. The van der Waals surface area contributed by atoms with Crippen molar-refractivity contribution < 1.29 is 4.74 Å². The molecule has 0 aromatic carbocycles. The van der Waals surface area contributed by atoms with E-state index < -0.39 is 0 Å². The summed E-state index contributed by atoms with van der Waals surface area (Å²) in [4.78, 5) is 8.60. The lowest BCUT2D eigenvalue weighted by Crippen LogP contribution is -2.18. The van der Waals surface area contributed by atoms with Crippen molar-refractivity contribution in [3.05, 3.63) is 11.9 Å². The number of hydrogen-bond acceptors (Lipinski definition) is 6. The van der Waals surface area contributed by atoms with Crippen LogP contribution in [0.2, 0.25) is 0 Å². The molecule has 0 amide bonds. The fourth-order valence-corrected chi connectivity index (χ4v) is 2.12. The molecule has 1 aliphatic carbocycles. The SMILES string of the molecule is COCc1nc(NN)cc(NC2CCCC2)n1. The number of nitrogen functional groups attached to an aromatic ring is 1. The quantitative estimate of drug-likeness (QED) is 0.528. The van der Waals surface area contributed by atoms with Gasteiger partial charge in [-0.25, -0.2) is 15.8 Å². The number of rotatable bonds is 5. The number of aromatic nitrogens is 2. The zero-order valence-electron chi connectivity index (χ0n) is 10.1. The summed E-state index contributed by atoms with van der Waals surface area (Å²) in [6.45, 7) is 0.384. The van der Waals surface area contributed by atoms with Gasteiger partial charge in [0, 0.05) is 19.2 Å². The van der Waals surface area contributed by atoms with Crippen molar-refractivity contribution in [3.63, 3.8) is 0 Å². The zero-order valence-corrected chi connectivity index (χ0v) is 10.1. The van der Waals surface area contributed by atoms with Crippen LogP contribution < -0.4 is 16.6 Å². The summed E-state index contributed by atoms with van der Waals surface area (Å²) in [5, 5.41) is 3.41. The highest BCUT2D eigenvalue weighted by Crippen LogP contribution is 2.22. The molecule has 0 aliphatic heterocycles. The van der Waals surface area contributed by atoms with Gasteiger partial charge in [0.15, 0.2) is 5.82 Å². The molecule has 1 heterocycles. The lowest BCUT2D eigenvalue weighted by atomic mass is 10.2. The Morgan fingerprint density at radius 2 is 2.06 bits per heavy atom. The highest BCUT2D eigenvalue weighted by Gasteiger charge is 2.15. The van der Waals surface area contributed by atoms with E-state index in [4.69, 9.17) is 10.6 Å². The summed E-state index contributed by atoms with van der Waals surface area (Å²) >= 11 is 0. The van der Waals surface area contributed by atoms with Crippen LogP contribution in [-0.2, 0) is 11.3 Å². The molecule has 0 unspecified atom stereocenters. The predicted octanol–water partition coefficient (Wildman–Crippen LogP) is 1.26. The van der Waals surface area contributed by atoms with Crippen LogP contribution in [0, 0.1) is 0 Å². The number of nitrogens with two attached hydrogens (primary N) is 1. The van der Waals surface area contributed by atoms with Gasteiger partial charge in [0.05, 0.1) is 0 Å². The van der Waals surface area contributed by atoms with Crippen molar-refractivity contribution in [3.8, 4) is 0 Å². The van der Waals surface area contributed by atoms with Gasteiger partial charge in [-0.05, 0) is 12.8 Å². The summed E-state index contributed by atoms with van der Waals surface area (Å²) in [5.41, 5.74) is 2.54. The highest BCUT2D eigenvalue weighted by atomic mass is 16.5. The normalized spacial score (nSPS) is 16.1. The number of nitrogens with one attached hydrogen (secondary N) is 2. The first kappa shape index (κ1) is 12.1. The van der Waals surface area contributed by atoms with E-state index in [1.165, 1.54) is 25.7 Å². The second-order valence-electron chi connectivity index (χ2n) is 4.26. The van der Waals surface area contributed by atoms with Crippen LogP contribution in [0.15, 0.2) is 6.07 Å². The summed E-state index contributed by atoms with van der Waals surface area (Å²) in [6, 6.07) is 2.34. The second kappa shape index (κ2) is 5.79. The number of hydrazine groups is 1. The molecule has 1 aromatic rings. The van der Waals surface area contributed by atoms with Crippen LogP contribution in [0.3, 0.4) is 0 Å². The van der Waals surface area contributed by atoms with Gasteiger partial charge in [0.2, 0.25) is 0 Å². The summed E-state index contributed by atoms with van der Waals surface area (Å²) < 4.78 is 5.03. The van der Waals surface area contributed by atoms with Gasteiger partial charge >= 0.3 is 0 Å². The molecule has 1 saturated carbocycles. The molecule has 1 aromatic heterocycles. The van der Waals surface area contributed by atoms with Crippen molar-refractivity contribution in [2.45, 2.75) is 38.3 Å². The molecule has 0 saturated heterocycles. The molecule has 1 aliphatic rings. The lowest BCUT2D eigenvalue weighted by Gasteiger charge is -2.14. The van der Waals surface area contributed by atoms with E-state index >= 15 is 0 Å². The minimum Gasteiger partial charge on any atom is -0.377 e. The first-order chi connectivity index (χ1) is 8.31. The van der Waals surface area contributed by atoms with Gasteiger partial charge in [0.25, 0.3) is 0 Å². The molecule has 17 heavy (non-hydrogen) atoms. The number of nitrogens with zero attached hydrogens (tertiary/aromatic N) is 2. The molecule has 6 heteroatoms. The van der Waals surface area contributed by atoms with E-state index in [9.17, 15) is 0 Å². The molecule has 0 bridgehead atoms. The largest absolute Gasteiger partial charge is 0.377 e. The van der Waals surface area contributed by atoms with E-state index in [0.717, 1.165) is 5.82 Å². The van der Waals surface area contributed by atoms with Gasteiger partial charge in [-0.1, -0.05) is 12.8 Å². The van der Waals surface area contributed by atoms with Crippen molar-refractivity contribution in [2.24, 2.45) is 5.84 Å². The molecule has 0 atom stereocenters. The zero-order chi connectivity index (χ0) is 12.1. The summed E-state index contributed by atoms with van der Waals surface area (Å²) in [6.07, 6.45) is 4.98. The molecule has 4 N–H and O–H groups in total. The minimum absolute atomic E-state index is 0.384. The summed E-state index contributed by atoms with van der Waals surface area (Å²) in [7, 11) is 1.62. The second-order valence-corrected chi connectivity index (χ2v) is 4.26. The molecule has 1 fully saturated rings. The van der Waals surface area contributed by atoms with Crippen molar-refractivity contribution in [1.29, 1.82) is 0 Å². The van der Waals surface area contributed by atoms with Crippen molar-refractivity contribution in [1.82, 2.24) is 9.97 Å². The number of methoxy groups -OCH3 is 1. The van der Waals surface area contributed by atoms with Crippen molar-refractivity contribution in [2.75, 3.05) is 17.9 Å². The molecule has 94 valence electrons. The monoisotopic (exact) mass is 237 g/mol. The van der Waals surface area contributed by atoms with Gasteiger partial charge in [-0.3, -0.25) is 0 Å². The van der Waals surface area contributed by atoms with E-state index in [1.807, 2.05) is 6.07 Å². The molecular formula is C11H19N5O. The van der Waals surface area contributed by atoms with Gasteiger partial charge in [-0.2, -0.15) is 0 Å². The third kappa shape index (κ3) is 3.28. The predicted molar refractivity (Wildman–Crippen MR) is 66.4 cm³/mol. The Hall–Kier alpha value is -1.40. The van der Waals surface area contributed by atoms with Crippen LogP contribution >= 0.6 is 0 Å². The first-order valence-electron chi connectivity index (χ1n) is 5.92. The Bertz CT molecular complexity index is 365. The third-order valence-corrected chi connectivity index (χ3v) is 2.90. The van der Waals surface area contributed by atoms with E-state index in [-0.39, 0.29) is 0 Å². The number of hydrogen-bond donors (Lipinski definition) is 3. The third-order valence-electron chi connectivity index (χ3n) is 2.90. The molecule has 2 rings (SSSR count). The van der Waals surface area contributed by atoms with E-state index in [0.29, 0.717) is 24.3 Å². The van der Waals surface area contributed by atoms with Crippen LogP contribution in [-0.4, -0.2) is 23.1 Å². The lowest BCUT2D eigenvalue weighted by molar-refractivity contribution is 0.178. The molecule has 6 nitrogen and oxygen atoms in total. The fraction of sp³-hybridized carbons (Fsp3) is 0.636. The Morgan fingerprint density at radius 3 is 2.71 bits per heavy atom. The topological polar surface area (TPSA) is 85.1 Å². The van der Waals surface area contributed by atoms with Gasteiger partial charge in [0.1, 0.15) is 18.2 Å². The number of ether oxygens (including phenoxy) is 1. The Morgan fingerprint density at radius 1 is 1.35 bits per heavy atom. The maximum Gasteiger partial charge on any atom is 0.158 e. The Labute approximate surface area is 101 Å². The average Bonchev–Trinajstić information content (AvgIpc) is 2.82. The van der Waals surface area contributed by atoms with Gasteiger partial charge < -0.3 is 15.5 Å². The molecular weight excluding hydrogens is 218 g/mol. The van der Waals surface area contributed by atoms with Gasteiger partial charge in [-0.15, -0.1) is 0 Å². The van der Waals surface area contributed by atoms with Crippen LogP contribution in [0.1, 0.15) is 31.5 Å². The fourth-order valence-electron chi connectivity index (χ4n) is 2.12.